The third kappa shape index (κ3) is 5.71. The van der Waals surface area contributed by atoms with E-state index in [-0.39, 0.29) is 29.1 Å². The van der Waals surface area contributed by atoms with Gasteiger partial charge in [-0.3, -0.25) is 0 Å². The first kappa shape index (κ1) is 21.5. The Labute approximate surface area is 187 Å². The van der Waals surface area contributed by atoms with Gasteiger partial charge < -0.3 is 9.47 Å². The highest BCUT2D eigenvalue weighted by molar-refractivity contribution is 7.97. The van der Waals surface area contributed by atoms with Crippen LogP contribution in [0.5, 0.6) is 5.75 Å². The van der Waals surface area contributed by atoms with Crippen LogP contribution in [0.3, 0.4) is 0 Å². The lowest BCUT2D eigenvalue weighted by Crippen LogP contribution is -2.35. The number of rotatable bonds is 7. The summed E-state index contributed by atoms with van der Waals surface area (Å²) in [5.41, 5.74) is -0.331. The van der Waals surface area contributed by atoms with Gasteiger partial charge in [0.15, 0.2) is 21.3 Å². The molecule has 31 heavy (non-hydrogen) atoms. The smallest absolute Gasteiger partial charge is 0.344 e. The molecule has 4 rings (SSSR count). The van der Waals surface area contributed by atoms with Crippen molar-refractivity contribution in [3.63, 3.8) is 0 Å². The molecule has 0 bridgehead atoms. The highest BCUT2D eigenvalue weighted by Gasteiger charge is 2.31. The second-order valence-corrected chi connectivity index (χ2v) is 10.2. The van der Waals surface area contributed by atoms with E-state index in [0.717, 1.165) is 25.7 Å². The minimum Gasteiger partial charge on any atom is -0.482 e. The van der Waals surface area contributed by atoms with Gasteiger partial charge in [-0.05, 0) is 81.1 Å². The molecular formula is C27H29O3S+. The van der Waals surface area contributed by atoms with Crippen LogP contribution in [0.15, 0.2) is 99.6 Å². The van der Waals surface area contributed by atoms with Gasteiger partial charge >= 0.3 is 5.97 Å². The highest BCUT2D eigenvalue weighted by atomic mass is 32.2. The van der Waals surface area contributed by atoms with Gasteiger partial charge in [-0.25, -0.2) is 4.79 Å². The summed E-state index contributed by atoms with van der Waals surface area (Å²) < 4.78 is 11.4. The van der Waals surface area contributed by atoms with Gasteiger partial charge in [-0.2, -0.15) is 0 Å². The van der Waals surface area contributed by atoms with Crippen molar-refractivity contribution in [2.75, 3.05) is 6.61 Å². The Morgan fingerprint density at radius 3 is 1.84 bits per heavy atom. The van der Waals surface area contributed by atoms with E-state index in [0.29, 0.717) is 5.75 Å². The Balaban J connectivity index is 1.43. The van der Waals surface area contributed by atoms with E-state index in [2.05, 4.69) is 60.7 Å². The molecule has 0 atom stereocenters. The van der Waals surface area contributed by atoms with Crippen LogP contribution in [0.1, 0.15) is 39.0 Å². The maximum Gasteiger partial charge on any atom is 0.344 e. The van der Waals surface area contributed by atoms with E-state index in [1.807, 2.05) is 31.2 Å². The Morgan fingerprint density at radius 2 is 1.29 bits per heavy atom. The predicted molar refractivity (Wildman–Crippen MR) is 125 cm³/mol. The fraction of sp³-hybridized carbons (Fsp3) is 0.296. The van der Waals surface area contributed by atoms with E-state index in [1.54, 1.807) is 0 Å². The van der Waals surface area contributed by atoms with E-state index in [1.165, 1.54) is 21.1 Å². The maximum absolute atomic E-state index is 12.3. The Kier molecular flexibility index (Phi) is 6.98. The molecule has 4 heteroatoms. The molecule has 0 aromatic heterocycles. The van der Waals surface area contributed by atoms with E-state index in [4.69, 9.17) is 9.47 Å². The number of ether oxygens (including phenoxy) is 2. The zero-order valence-electron chi connectivity index (χ0n) is 18.0. The summed E-state index contributed by atoms with van der Waals surface area (Å²) in [6.45, 7) is 1.98. The zero-order valence-corrected chi connectivity index (χ0v) is 18.8. The van der Waals surface area contributed by atoms with E-state index in [9.17, 15) is 4.79 Å². The number of hydrogen-bond donors (Lipinski definition) is 0. The van der Waals surface area contributed by atoms with Crippen molar-refractivity contribution in [3.8, 4) is 5.75 Å². The molecular weight excluding hydrogens is 404 g/mol. The van der Waals surface area contributed by atoms with Gasteiger partial charge in [0, 0.05) is 0 Å². The van der Waals surface area contributed by atoms with E-state index >= 15 is 0 Å². The van der Waals surface area contributed by atoms with Crippen LogP contribution in [-0.4, -0.2) is 18.2 Å². The Bertz CT molecular complexity index is 925. The fourth-order valence-corrected chi connectivity index (χ4v) is 6.12. The monoisotopic (exact) mass is 433 g/mol. The van der Waals surface area contributed by atoms with Gasteiger partial charge in [-0.15, -0.1) is 0 Å². The van der Waals surface area contributed by atoms with Crippen LogP contribution >= 0.6 is 0 Å². The first-order chi connectivity index (χ1) is 15.1. The molecule has 0 spiro atoms. The minimum atomic E-state index is -0.331. The summed E-state index contributed by atoms with van der Waals surface area (Å²) in [4.78, 5) is 16.0. The summed E-state index contributed by atoms with van der Waals surface area (Å²) in [5, 5.41) is 0. The SMILES string of the molecule is CC1(OC(=O)COc2ccc([S+](c3ccccc3)c3ccccc3)cc2)CCCCC1. The number of carbonyl (C=O) groups is 1. The van der Waals surface area contributed by atoms with Gasteiger partial charge in [-0.1, -0.05) is 42.8 Å². The molecule has 0 aliphatic heterocycles. The molecule has 3 aromatic rings. The number of carbonyl (C=O) groups excluding carboxylic acids is 1. The van der Waals surface area contributed by atoms with E-state index < -0.39 is 0 Å². The van der Waals surface area contributed by atoms with Crippen LogP contribution in [0, 0.1) is 0 Å². The van der Waals surface area contributed by atoms with Gasteiger partial charge in [0.05, 0.1) is 10.9 Å². The predicted octanol–water partition coefficient (Wildman–Crippen LogP) is 6.43. The molecule has 1 saturated carbocycles. The third-order valence-electron chi connectivity index (χ3n) is 5.65. The molecule has 0 amide bonds. The summed E-state index contributed by atoms with van der Waals surface area (Å²) in [7, 11) is -0.193. The van der Waals surface area contributed by atoms with Crippen molar-refractivity contribution < 1.29 is 14.3 Å². The highest BCUT2D eigenvalue weighted by Crippen LogP contribution is 2.33. The largest absolute Gasteiger partial charge is 0.482 e. The summed E-state index contributed by atoms with van der Waals surface area (Å²) in [6, 6.07) is 29.1. The Morgan fingerprint density at radius 1 is 0.774 bits per heavy atom. The van der Waals surface area contributed by atoms with Crippen LogP contribution < -0.4 is 4.74 Å². The van der Waals surface area contributed by atoms with Crippen molar-refractivity contribution in [2.24, 2.45) is 0 Å². The topological polar surface area (TPSA) is 35.5 Å². The number of esters is 1. The molecule has 0 unspecified atom stereocenters. The number of benzene rings is 3. The first-order valence-corrected chi connectivity index (χ1v) is 12.1. The molecule has 3 aromatic carbocycles. The second kappa shape index (κ2) is 10.1. The molecule has 1 aliphatic carbocycles. The molecule has 0 radical (unpaired) electrons. The van der Waals surface area contributed by atoms with Crippen LogP contribution in [0.2, 0.25) is 0 Å². The van der Waals surface area contributed by atoms with Gasteiger partial charge in [0.1, 0.15) is 11.4 Å². The van der Waals surface area contributed by atoms with Gasteiger partial charge in [0.25, 0.3) is 0 Å². The number of hydrogen-bond acceptors (Lipinski definition) is 3. The standard InChI is InChI=1S/C27H29O3S/c1-27(19-9-4-10-20-27)30-26(28)21-29-22-15-17-25(18-16-22)31(23-11-5-2-6-12-23)24-13-7-3-8-14-24/h2-3,5-8,11-18H,4,9-10,19-21H2,1H3/q+1. The lowest BCUT2D eigenvalue weighted by atomic mass is 9.86. The maximum atomic E-state index is 12.3. The van der Waals surface area contributed by atoms with Crippen molar-refractivity contribution in [1.82, 2.24) is 0 Å². The molecule has 160 valence electrons. The molecule has 0 saturated heterocycles. The van der Waals surface area contributed by atoms with Crippen LogP contribution in [0.4, 0.5) is 0 Å². The van der Waals surface area contributed by atoms with Crippen LogP contribution in [0.25, 0.3) is 0 Å². The van der Waals surface area contributed by atoms with Crippen molar-refractivity contribution >= 4 is 16.9 Å². The van der Waals surface area contributed by atoms with Gasteiger partial charge in [0.2, 0.25) is 0 Å². The molecule has 3 nitrogen and oxygen atoms in total. The minimum absolute atomic E-state index is 0.0575. The lowest BCUT2D eigenvalue weighted by Gasteiger charge is -2.33. The third-order valence-corrected chi connectivity index (χ3v) is 7.88. The lowest BCUT2D eigenvalue weighted by molar-refractivity contribution is -0.163. The molecule has 1 fully saturated rings. The summed E-state index contributed by atoms with van der Waals surface area (Å²) >= 11 is 0. The van der Waals surface area contributed by atoms with Crippen molar-refractivity contribution in [3.05, 3.63) is 84.9 Å². The normalized spacial score (nSPS) is 15.4. The van der Waals surface area contributed by atoms with Crippen molar-refractivity contribution in [2.45, 2.75) is 59.3 Å². The average Bonchev–Trinajstić information content (AvgIpc) is 2.80. The fourth-order valence-electron chi connectivity index (χ4n) is 4.04. The molecule has 0 heterocycles. The average molecular weight is 434 g/mol. The Hall–Kier alpha value is -2.72. The zero-order chi connectivity index (χ0) is 21.5. The summed E-state index contributed by atoms with van der Waals surface area (Å²) in [5.74, 6) is 0.390. The first-order valence-electron chi connectivity index (χ1n) is 10.9. The molecule has 1 aliphatic rings. The second-order valence-electron chi connectivity index (χ2n) is 8.18. The van der Waals surface area contributed by atoms with Crippen molar-refractivity contribution in [1.29, 1.82) is 0 Å². The summed E-state index contributed by atoms with van der Waals surface area (Å²) in [6.07, 6.45) is 5.35. The quantitative estimate of drug-likeness (QED) is 0.318. The molecule has 0 N–H and O–H groups in total. The van der Waals surface area contributed by atoms with Crippen LogP contribution in [-0.2, 0) is 20.4 Å².